The van der Waals surface area contributed by atoms with E-state index >= 15 is 0 Å². The highest BCUT2D eigenvalue weighted by Crippen LogP contribution is 2.47. The lowest BCUT2D eigenvalue weighted by Gasteiger charge is -2.30. The van der Waals surface area contributed by atoms with Crippen molar-refractivity contribution in [2.24, 2.45) is 0 Å². The molecule has 2 heterocycles. The molecule has 0 unspecified atom stereocenters. The number of hydrogen-bond donors (Lipinski definition) is 2. The van der Waals surface area contributed by atoms with Crippen LogP contribution in [0.2, 0.25) is 0 Å². The molecule has 7 nitrogen and oxygen atoms in total. The summed E-state index contributed by atoms with van der Waals surface area (Å²) < 4.78 is 5.84. The van der Waals surface area contributed by atoms with Crippen LogP contribution in [0.25, 0.3) is 16.3 Å². The van der Waals surface area contributed by atoms with Gasteiger partial charge >= 0.3 is 11.9 Å². The maximum atomic E-state index is 9.55. The number of thiocarbonyl (C=S) groups is 1. The molecule has 2 N–H and O–H groups in total. The number of rotatable bonds is 4. The number of carboxylic acids is 2. The van der Waals surface area contributed by atoms with Crippen molar-refractivity contribution >= 4 is 63.1 Å². The second kappa shape index (κ2) is 17.6. The summed E-state index contributed by atoms with van der Waals surface area (Å²) in [5, 5.41) is 18.4. The van der Waals surface area contributed by atoms with Gasteiger partial charge in [-0.2, -0.15) is 0 Å². The van der Waals surface area contributed by atoms with Gasteiger partial charge in [-0.05, 0) is 108 Å². The standard InChI is InChI=1S/C19H17NOS.C19H19NS.C4H4O4/c1-14-6-5-9-17(12-14)20(2)19(22)21-18-11-10-15-7-3-4-8-16(15)13-18;1-20-12-10-14(11-13-20)19-15-6-2-4-8-17(15)21-18-9-5-3-7-16(18)19;5-3(6)1-2-4(7)8/h3-13H,1-2H3;2-9H,10-13H2,1H3;1-2H,(H,5,6)(H,7,8). The van der Waals surface area contributed by atoms with E-state index < -0.39 is 11.9 Å². The summed E-state index contributed by atoms with van der Waals surface area (Å²) in [5.74, 6) is -1.76. The number of aliphatic carboxylic acids is 2. The van der Waals surface area contributed by atoms with E-state index in [9.17, 15) is 9.59 Å². The Balaban J connectivity index is 0.000000164. The predicted molar refractivity (Wildman–Crippen MR) is 211 cm³/mol. The van der Waals surface area contributed by atoms with Crippen LogP contribution < -0.4 is 9.64 Å². The van der Waals surface area contributed by atoms with Crippen LogP contribution in [0, 0.1) is 6.92 Å². The summed E-state index contributed by atoms with van der Waals surface area (Å²) in [6, 6.07) is 40.1. The van der Waals surface area contributed by atoms with E-state index in [1.807, 2.05) is 66.2 Å². The van der Waals surface area contributed by atoms with Crippen molar-refractivity contribution in [3.8, 4) is 5.75 Å². The lowest BCUT2D eigenvalue weighted by molar-refractivity contribution is -0.134. The first-order valence-corrected chi connectivity index (χ1v) is 17.7. The minimum absolute atomic E-state index is 0.431. The molecule has 1 saturated heterocycles. The molecule has 0 saturated carbocycles. The summed E-state index contributed by atoms with van der Waals surface area (Å²) in [4.78, 5) is 26.2. The smallest absolute Gasteiger partial charge is 0.328 e. The second-order valence-corrected chi connectivity index (χ2v) is 13.6. The summed E-state index contributed by atoms with van der Waals surface area (Å²) in [6.45, 7) is 4.41. The largest absolute Gasteiger partial charge is 0.478 e. The molecular formula is C42H40N2O5S2. The number of carboxylic acid groups (broad SMARTS) is 2. The first-order chi connectivity index (χ1) is 24.6. The quantitative estimate of drug-likeness (QED) is 0.137. The van der Waals surface area contributed by atoms with Crippen LogP contribution in [0.5, 0.6) is 5.75 Å². The lowest BCUT2D eigenvalue weighted by Crippen LogP contribution is -2.29. The van der Waals surface area contributed by atoms with E-state index in [1.54, 1.807) is 5.57 Å². The molecule has 9 heteroatoms. The predicted octanol–water partition coefficient (Wildman–Crippen LogP) is 9.34. The molecule has 0 aliphatic carbocycles. The van der Waals surface area contributed by atoms with Crippen molar-refractivity contribution in [2.75, 3.05) is 32.1 Å². The van der Waals surface area contributed by atoms with Crippen LogP contribution in [0.15, 0.2) is 143 Å². The number of aryl methyl sites for hydroxylation is 1. The van der Waals surface area contributed by atoms with Crippen LogP contribution in [0.1, 0.15) is 29.5 Å². The Bertz CT molecular complexity index is 2040. The minimum atomic E-state index is -1.26. The molecule has 5 aromatic rings. The molecule has 0 amide bonds. The topological polar surface area (TPSA) is 90.3 Å². The van der Waals surface area contributed by atoms with E-state index in [0.29, 0.717) is 17.3 Å². The number of nitrogens with zero attached hydrogens (tertiary/aromatic N) is 2. The summed E-state index contributed by atoms with van der Waals surface area (Å²) in [6.07, 6.45) is 3.50. The Kier molecular flexibility index (Phi) is 12.8. The Labute approximate surface area is 308 Å². The molecule has 0 atom stereocenters. The van der Waals surface area contributed by atoms with Crippen molar-refractivity contribution in [1.82, 2.24) is 4.90 Å². The zero-order valence-corrected chi connectivity index (χ0v) is 30.4. The SMILES string of the molecule is CN1CCC(=C2c3ccccc3Sc3ccccc32)CC1.Cc1cccc(N(C)C(=S)Oc2ccc3ccccc3c2)c1.O=C(O)C=CC(=O)O. The fourth-order valence-corrected chi connectivity index (χ4v) is 7.08. The highest BCUT2D eigenvalue weighted by Gasteiger charge is 2.24. The van der Waals surface area contributed by atoms with E-state index in [-0.39, 0.29) is 0 Å². The molecule has 0 bridgehead atoms. The van der Waals surface area contributed by atoms with Gasteiger partial charge in [0.15, 0.2) is 0 Å². The molecule has 1 fully saturated rings. The highest BCUT2D eigenvalue weighted by atomic mass is 32.2. The number of hydrogen-bond acceptors (Lipinski definition) is 6. The van der Waals surface area contributed by atoms with Crippen molar-refractivity contribution in [3.05, 3.63) is 150 Å². The van der Waals surface area contributed by atoms with E-state index in [1.165, 1.54) is 63.4 Å². The fraction of sp³-hybridized carbons (Fsp3) is 0.167. The third kappa shape index (κ3) is 10.2. The molecule has 0 spiro atoms. The van der Waals surface area contributed by atoms with Gasteiger partial charge in [0, 0.05) is 47.8 Å². The number of ether oxygens (including phenoxy) is 1. The number of likely N-dealkylation sites (tertiary alicyclic amines) is 1. The monoisotopic (exact) mass is 716 g/mol. The Morgan fingerprint density at radius 3 is 1.92 bits per heavy atom. The first-order valence-electron chi connectivity index (χ1n) is 16.5. The van der Waals surface area contributed by atoms with E-state index in [0.717, 1.165) is 16.8 Å². The maximum absolute atomic E-state index is 9.55. The van der Waals surface area contributed by atoms with Crippen LogP contribution in [0.3, 0.4) is 0 Å². The van der Waals surface area contributed by atoms with Crippen molar-refractivity contribution in [3.63, 3.8) is 0 Å². The van der Waals surface area contributed by atoms with Gasteiger partial charge in [0.1, 0.15) is 5.75 Å². The zero-order chi connectivity index (χ0) is 36.3. The molecule has 51 heavy (non-hydrogen) atoms. The molecule has 7 rings (SSSR count). The summed E-state index contributed by atoms with van der Waals surface area (Å²) >= 11 is 7.32. The Morgan fingerprint density at radius 2 is 1.33 bits per heavy atom. The summed E-state index contributed by atoms with van der Waals surface area (Å²) in [5.41, 5.74) is 8.21. The number of fused-ring (bicyclic) bond motifs is 3. The van der Waals surface area contributed by atoms with Gasteiger partial charge in [0.25, 0.3) is 5.17 Å². The number of piperidine rings is 1. The van der Waals surface area contributed by atoms with Gasteiger partial charge in [-0.1, -0.05) is 96.2 Å². The van der Waals surface area contributed by atoms with Crippen molar-refractivity contribution in [2.45, 2.75) is 29.6 Å². The zero-order valence-electron chi connectivity index (χ0n) is 28.8. The Hall–Kier alpha value is -5.22. The van der Waals surface area contributed by atoms with E-state index in [4.69, 9.17) is 27.2 Å². The van der Waals surface area contributed by atoms with Gasteiger partial charge in [-0.3, -0.25) is 0 Å². The number of anilines is 1. The van der Waals surface area contributed by atoms with Crippen LogP contribution in [0.4, 0.5) is 5.69 Å². The first kappa shape index (κ1) is 37.0. The maximum Gasteiger partial charge on any atom is 0.328 e. The molecular weight excluding hydrogens is 677 g/mol. The van der Waals surface area contributed by atoms with E-state index in [2.05, 4.69) is 91.7 Å². The normalized spacial score (nSPS) is 13.5. The summed E-state index contributed by atoms with van der Waals surface area (Å²) in [7, 11) is 4.14. The Morgan fingerprint density at radius 1 is 0.765 bits per heavy atom. The third-order valence-corrected chi connectivity index (χ3v) is 9.94. The van der Waals surface area contributed by atoms with Crippen LogP contribution in [-0.4, -0.2) is 59.4 Å². The van der Waals surface area contributed by atoms with Gasteiger partial charge in [-0.15, -0.1) is 0 Å². The van der Waals surface area contributed by atoms with Gasteiger partial charge in [0.2, 0.25) is 0 Å². The number of benzene rings is 5. The van der Waals surface area contributed by atoms with Crippen molar-refractivity contribution in [1.29, 1.82) is 0 Å². The van der Waals surface area contributed by atoms with Gasteiger partial charge < -0.3 is 24.7 Å². The molecule has 0 aromatic heterocycles. The average molecular weight is 717 g/mol. The fourth-order valence-electron chi connectivity index (χ4n) is 5.79. The number of carbonyl (C=O) groups is 2. The molecule has 0 radical (unpaired) electrons. The minimum Gasteiger partial charge on any atom is -0.478 e. The lowest BCUT2D eigenvalue weighted by atomic mass is 9.88. The van der Waals surface area contributed by atoms with Crippen molar-refractivity contribution < 1.29 is 24.5 Å². The molecule has 2 aliphatic heterocycles. The second-order valence-electron chi connectivity index (χ2n) is 12.2. The van der Waals surface area contributed by atoms with Crippen LogP contribution >= 0.6 is 24.0 Å². The highest BCUT2D eigenvalue weighted by molar-refractivity contribution is 7.99. The van der Waals surface area contributed by atoms with Crippen LogP contribution in [-0.2, 0) is 9.59 Å². The van der Waals surface area contributed by atoms with Gasteiger partial charge in [-0.25, -0.2) is 9.59 Å². The third-order valence-electron chi connectivity index (χ3n) is 8.43. The average Bonchev–Trinajstić information content (AvgIpc) is 3.13. The molecule has 5 aromatic carbocycles. The molecule has 2 aliphatic rings. The van der Waals surface area contributed by atoms with Gasteiger partial charge in [0.05, 0.1) is 0 Å². The molecule has 260 valence electrons.